The summed E-state index contributed by atoms with van der Waals surface area (Å²) >= 11 is 0. The molecule has 0 amide bonds. The fourth-order valence-electron chi connectivity index (χ4n) is 6.69. The van der Waals surface area contributed by atoms with Crippen molar-refractivity contribution in [3.8, 4) is 0 Å². The second-order valence-corrected chi connectivity index (χ2v) is 9.91. The highest BCUT2D eigenvalue weighted by molar-refractivity contribution is 5.88. The molecule has 4 aliphatic carbocycles. The lowest BCUT2D eigenvalue weighted by atomic mass is 10.1. The van der Waals surface area contributed by atoms with E-state index < -0.39 is 0 Å². The summed E-state index contributed by atoms with van der Waals surface area (Å²) in [7, 11) is 2.85. The number of fused-ring (bicyclic) bond motifs is 6. The van der Waals surface area contributed by atoms with E-state index in [1.807, 2.05) is 12.1 Å². The summed E-state index contributed by atoms with van der Waals surface area (Å²) in [6.07, 6.45) is 7.44. The van der Waals surface area contributed by atoms with E-state index in [9.17, 15) is 9.59 Å². The predicted molar refractivity (Wildman–Crippen MR) is 121 cm³/mol. The summed E-state index contributed by atoms with van der Waals surface area (Å²) in [6, 6.07) is 4.00. The number of hydrogen-bond donors (Lipinski definition) is 2. The van der Waals surface area contributed by atoms with Crippen molar-refractivity contribution in [1.29, 1.82) is 0 Å². The number of aromatic nitrogens is 2. The molecule has 0 radical (unpaired) electrons. The Morgan fingerprint density at radius 2 is 1.22 bits per heavy atom. The number of nitrogens with one attached hydrogen (secondary N) is 2. The number of rotatable bonds is 6. The van der Waals surface area contributed by atoms with Gasteiger partial charge in [0.1, 0.15) is 11.4 Å². The van der Waals surface area contributed by atoms with Crippen LogP contribution in [-0.2, 0) is 22.3 Å². The van der Waals surface area contributed by atoms with Crippen LogP contribution in [-0.4, -0.2) is 36.1 Å². The molecule has 4 aliphatic rings. The average Bonchev–Trinajstić information content (AvgIpc) is 3.28. The molecule has 0 spiro atoms. The summed E-state index contributed by atoms with van der Waals surface area (Å²) < 4.78 is 9.45. The summed E-state index contributed by atoms with van der Waals surface area (Å²) in [6.45, 7) is 4.48. The first kappa shape index (κ1) is 21.4. The van der Waals surface area contributed by atoms with Gasteiger partial charge in [0.05, 0.1) is 14.2 Å². The van der Waals surface area contributed by atoms with Crippen molar-refractivity contribution >= 4 is 11.9 Å². The van der Waals surface area contributed by atoms with Crippen molar-refractivity contribution in [1.82, 2.24) is 9.97 Å². The van der Waals surface area contributed by atoms with Crippen LogP contribution in [0.15, 0.2) is 12.1 Å². The van der Waals surface area contributed by atoms with Gasteiger partial charge in [-0.25, -0.2) is 9.59 Å². The van der Waals surface area contributed by atoms with Gasteiger partial charge in [0, 0.05) is 11.4 Å². The Hall–Kier alpha value is -2.50. The topological polar surface area (TPSA) is 84.2 Å². The normalized spacial score (nSPS) is 29.8. The Morgan fingerprint density at radius 1 is 0.812 bits per heavy atom. The first-order valence-electron chi connectivity index (χ1n) is 12.1. The lowest BCUT2D eigenvalue weighted by molar-refractivity contribution is 0.0586. The van der Waals surface area contributed by atoms with E-state index in [0.717, 1.165) is 48.3 Å². The molecule has 0 bridgehead atoms. The number of aromatic amines is 2. The maximum Gasteiger partial charge on any atom is 0.354 e. The van der Waals surface area contributed by atoms with E-state index in [-0.39, 0.29) is 11.9 Å². The third-order valence-corrected chi connectivity index (χ3v) is 8.18. The van der Waals surface area contributed by atoms with Crippen LogP contribution in [0.5, 0.6) is 0 Å². The van der Waals surface area contributed by atoms with Gasteiger partial charge in [-0.15, -0.1) is 0 Å². The average molecular weight is 439 g/mol. The number of carbonyl (C=O) groups excluding carboxylic acids is 2. The zero-order valence-corrected chi connectivity index (χ0v) is 19.5. The van der Waals surface area contributed by atoms with Gasteiger partial charge in [-0.1, -0.05) is 26.7 Å². The number of hydrogen-bond acceptors (Lipinski definition) is 4. The summed E-state index contributed by atoms with van der Waals surface area (Å²) in [4.78, 5) is 29.2. The quantitative estimate of drug-likeness (QED) is 0.624. The highest BCUT2D eigenvalue weighted by Gasteiger charge is 2.56. The monoisotopic (exact) mass is 438 g/mol. The molecule has 6 atom stereocenters. The van der Waals surface area contributed by atoms with Gasteiger partial charge < -0.3 is 19.4 Å². The van der Waals surface area contributed by atoms with Gasteiger partial charge in [0.25, 0.3) is 0 Å². The summed E-state index contributed by atoms with van der Waals surface area (Å²) in [5, 5.41) is 0. The van der Waals surface area contributed by atoms with Crippen molar-refractivity contribution in [2.45, 2.75) is 64.2 Å². The minimum absolute atomic E-state index is 0.251. The molecular formula is C26H34N2O4. The van der Waals surface area contributed by atoms with Gasteiger partial charge in [0.15, 0.2) is 0 Å². The van der Waals surface area contributed by atoms with Crippen LogP contribution in [0.1, 0.15) is 94.9 Å². The zero-order valence-electron chi connectivity index (χ0n) is 19.5. The SMILES string of the molecule is CCC[C@@H]1[C@H]2Cc3[nH]c(C(=O)OC)cc3[C@@H]12.CCC[C@H]1[C@H]2Cc3[nH]c(C(=O)OC)cc3[C@H]21. The fraction of sp³-hybridized carbons (Fsp3) is 0.615. The maximum absolute atomic E-state index is 11.4. The van der Waals surface area contributed by atoms with Crippen molar-refractivity contribution in [2.24, 2.45) is 23.7 Å². The van der Waals surface area contributed by atoms with Crippen LogP contribution in [0.3, 0.4) is 0 Å². The van der Waals surface area contributed by atoms with Crippen molar-refractivity contribution in [2.75, 3.05) is 14.2 Å². The van der Waals surface area contributed by atoms with Crippen molar-refractivity contribution < 1.29 is 19.1 Å². The van der Waals surface area contributed by atoms with Gasteiger partial charge in [0.2, 0.25) is 0 Å². The van der Waals surface area contributed by atoms with Gasteiger partial charge in [-0.3, -0.25) is 0 Å². The molecule has 6 nitrogen and oxygen atoms in total. The Kier molecular flexibility index (Phi) is 5.42. The third-order valence-electron chi connectivity index (χ3n) is 8.18. The minimum Gasteiger partial charge on any atom is -0.464 e. The van der Waals surface area contributed by atoms with Gasteiger partial charge in [-0.05, 0) is 84.5 Å². The van der Waals surface area contributed by atoms with E-state index in [1.165, 1.54) is 62.4 Å². The molecule has 0 aromatic carbocycles. The van der Waals surface area contributed by atoms with Crippen molar-refractivity contribution in [3.63, 3.8) is 0 Å². The molecule has 0 unspecified atom stereocenters. The molecule has 2 aromatic heterocycles. The highest BCUT2D eigenvalue weighted by atomic mass is 16.5. The zero-order chi connectivity index (χ0) is 22.6. The van der Waals surface area contributed by atoms with Crippen LogP contribution < -0.4 is 0 Å². The van der Waals surface area contributed by atoms with Crippen LogP contribution in [0.25, 0.3) is 0 Å². The predicted octanol–water partition coefficient (Wildman–Crippen LogP) is 4.97. The molecule has 32 heavy (non-hydrogen) atoms. The molecule has 6 rings (SSSR count). The minimum atomic E-state index is -0.251. The number of methoxy groups -OCH3 is 2. The summed E-state index contributed by atoms with van der Waals surface area (Å²) in [5.41, 5.74) is 6.53. The van der Waals surface area contributed by atoms with Crippen LogP contribution in [0.2, 0.25) is 0 Å². The van der Waals surface area contributed by atoms with E-state index in [2.05, 4.69) is 23.8 Å². The van der Waals surface area contributed by atoms with E-state index in [1.54, 1.807) is 0 Å². The first-order valence-corrected chi connectivity index (χ1v) is 12.1. The molecule has 2 N–H and O–H groups in total. The lowest BCUT2D eigenvalue weighted by Gasteiger charge is -2.00. The molecule has 0 saturated heterocycles. The standard InChI is InChI=1S/2C13H17NO2/c2*1-3-4-7-8-5-10-9(12(7)8)6-11(14-10)13(15)16-2/h2*6-8,12,14H,3-5H2,1-2H3/t7-,8+,12-;7-,8-,12+/m01/s1. The summed E-state index contributed by atoms with van der Waals surface area (Å²) in [5.74, 6) is 4.41. The molecule has 2 heterocycles. The largest absolute Gasteiger partial charge is 0.464 e. The Labute approximate surface area is 189 Å². The van der Waals surface area contributed by atoms with Gasteiger partial charge >= 0.3 is 11.9 Å². The molecule has 2 aromatic rings. The molecular weight excluding hydrogens is 404 g/mol. The van der Waals surface area contributed by atoms with Gasteiger partial charge in [-0.2, -0.15) is 0 Å². The number of carbonyl (C=O) groups is 2. The molecule has 0 aliphatic heterocycles. The third kappa shape index (κ3) is 3.39. The van der Waals surface area contributed by atoms with E-state index >= 15 is 0 Å². The highest BCUT2D eigenvalue weighted by Crippen LogP contribution is 2.64. The second-order valence-electron chi connectivity index (χ2n) is 9.91. The second kappa shape index (κ2) is 8.13. The van der Waals surface area contributed by atoms with Crippen molar-refractivity contribution in [3.05, 3.63) is 46.0 Å². The van der Waals surface area contributed by atoms with E-state index in [4.69, 9.17) is 9.47 Å². The van der Waals surface area contributed by atoms with E-state index in [0.29, 0.717) is 11.4 Å². The Bertz CT molecular complexity index is 953. The molecule has 6 heteroatoms. The number of esters is 2. The van der Waals surface area contributed by atoms with Crippen LogP contribution in [0.4, 0.5) is 0 Å². The van der Waals surface area contributed by atoms with Crippen LogP contribution >= 0.6 is 0 Å². The number of H-pyrrole nitrogens is 2. The molecule has 2 saturated carbocycles. The maximum atomic E-state index is 11.4. The Morgan fingerprint density at radius 3 is 1.56 bits per heavy atom. The fourth-order valence-corrected chi connectivity index (χ4v) is 6.69. The number of ether oxygens (including phenoxy) is 2. The lowest BCUT2D eigenvalue weighted by Crippen LogP contribution is -2.01. The Balaban J connectivity index is 0.000000135. The smallest absolute Gasteiger partial charge is 0.354 e. The van der Waals surface area contributed by atoms with Crippen LogP contribution in [0, 0.1) is 23.7 Å². The molecule has 2 fully saturated rings. The molecule has 172 valence electrons. The first-order chi connectivity index (χ1) is 15.5.